The second-order valence-electron chi connectivity index (χ2n) is 7.52. The minimum atomic E-state index is -0.696. The van der Waals surface area contributed by atoms with Crippen LogP contribution in [0.15, 0.2) is 75.9 Å². The minimum Gasteiger partial charge on any atom is -0.466 e. The molecule has 0 aliphatic carbocycles. The van der Waals surface area contributed by atoms with Gasteiger partial charge in [-0.2, -0.15) is 0 Å². The lowest BCUT2D eigenvalue weighted by molar-refractivity contribution is -0.136. The molecule has 1 amide bonds. The van der Waals surface area contributed by atoms with Crippen LogP contribution in [0.5, 0.6) is 0 Å². The van der Waals surface area contributed by atoms with Crippen LogP contribution in [0.4, 0.5) is 8.78 Å². The lowest BCUT2D eigenvalue weighted by Crippen LogP contribution is -2.38. The number of nitrogens with one attached hydrogen (secondary N) is 1. The van der Waals surface area contributed by atoms with Crippen molar-refractivity contribution in [2.45, 2.75) is 25.9 Å². The summed E-state index contributed by atoms with van der Waals surface area (Å²) in [5.41, 5.74) is 2.54. The highest BCUT2D eigenvalue weighted by Crippen LogP contribution is 2.44. The summed E-state index contributed by atoms with van der Waals surface area (Å²) < 4.78 is 32.4. The lowest BCUT2D eigenvalue weighted by atomic mass is 9.94. The largest absolute Gasteiger partial charge is 0.466 e. The zero-order chi connectivity index (χ0) is 23.5. The van der Waals surface area contributed by atoms with Gasteiger partial charge >= 0.3 is 5.97 Å². The number of thioether (sulfide) groups is 1. The number of aliphatic imine (C=N–C) groups is 1. The average Bonchev–Trinajstić information content (AvgIpc) is 3.18. The molecule has 0 aromatic heterocycles. The molecule has 2 aromatic carbocycles. The maximum Gasteiger partial charge on any atom is 0.338 e. The molecule has 0 saturated heterocycles. The van der Waals surface area contributed by atoms with Gasteiger partial charge in [0.25, 0.3) is 0 Å². The highest BCUT2D eigenvalue weighted by atomic mass is 32.2. The highest BCUT2D eigenvalue weighted by molar-refractivity contribution is 8.16. The van der Waals surface area contributed by atoms with Crippen molar-refractivity contribution in [3.63, 3.8) is 0 Å². The van der Waals surface area contributed by atoms with E-state index in [1.165, 1.54) is 43.1 Å². The molecule has 0 spiro atoms. The fraction of sp³-hybridized carbons (Fsp3) is 0.208. The van der Waals surface area contributed by atoms with E-state index in [-0.39, 0.29) is 30.3 Å². The summed E-state index contributed by atoms with van der Waals surface area (Å²) in [5, 5.41) is 5.16. The summed E-state index contributed by atoms with van der Waals surface area (Å²) in [5.74, 6) is -1.67. The molecule has 0 radical (unpaired) electrons. The van der Waals surface area contributed by atoms with Gasteiger partial charge in [-0.25, -0.2) is 18.6 Å². The molecule has 170 valence electrons. The maximum absolute atomic E-state index is 14.1. The van der Waals surface area contributed by atoms with Crippen molar-refractivity contribution < 1.29 is 23.1 Å². The Balaban J connectivity index is 1.59. The van der Waals surface area contributed by atoms with Crippen molar-refractivity contribution in [1.82, 2.24) is 10.2 Å². The first-order valence-corrected chi connectivity index (χ1v) is 11.0. The first kappa shape index (κ1) is 22.7. The zero-order valence-electron chi connectivity index (χ0n) is 18.0. The number of hydrogen-bond donors (Lipinski definition) is 1. The molecule has 0 unspecified atom stereocenters. The van der Waals surface area contributed by atoms with Crippen LogP contribution in [0.3, 0.4) is 0 Å². The number of hydrogen-bond acceptors (Lipinski definition) is 6. The molecule has 0 saturated carbocycles. The number of halogens is 2. The van der Waals surface area contributed by atoms with E-state index in [9.17, 15) is 18.4 Å². The number of benzene rings is 2. The van der Waals surface area contributed by atoms with Crippen molar-refractivity contribution in [2.24, 2.45) is 4.99 Å². The Labute approximate surface area is 194 Å². The number of methoxy groups -OCH3 is 1. The molecule has 4 rings (SSSR count). The predicted molar refractivity (Wildman–Crippen MR) is 122 cm³/mol. The molecule has 0 bridgehead atoms. The molecular formula is C24H21F2N3O3S. The number of ether oxygens (including phenoxy) is 1. The molecule has 1 atom stereocenters. The van der Waals surface area contributed by atoms with Crippen LogP contribution < -0.4 is 5.32 Å². The van der Waals surface area contributed by atoms with Crippen molar-refractivity contribution >= 4 is 28.8 Å². The molecule has 2 aromatic rings. The number of esters is 1. The fourth-order valence-electron chi connectivity index (χ4n) is 3.81. The quantitative estimate of drug-likeness (QED) is 0.635. The van der Waals surface area contributed by atoms with Gasteiger partial charge in [-0.05, 0) is 47.7 Å². The first-order valence-electron chi connectivity index (χ1n) is 10.2. The Morgan fingerprint density at radius 3 is 2.58 bits per heavy atom. The van der Waals surface area contributed by atoms with Gasteiger partial charge < -0.3 is 15.0 Å². The van der Waals surface area contributed by atoms with E-state index in [1.54, 1.807) is 41.5 Å². The number of carbonyl (C=O) groups is 2. The number of rotatable bonds is 6. The molecule has 2 aliphatic heterocycles. The number of carbonyl (C=O) groups excluding carboxylic acids is 2. The Morgan fingerprint density at radius 2 is 1.88 bits per heavy atom. The van der Waals surface area contributed by atoms with Gasteiger partial charge in [0.2, 0.25) is 5.91 Å². The standard InChI is InChI=1S/C24H21F2N3O3S/c1-14-21(23(31)32-2)22(16-6-4-8-18(26)10-16)29-19(13-33-24(29)28-14)11-20(30)27-12-15-5-3-7-17(25)9-15/h3-10,13,22H,11-12H2,1-2H3,(H,27,30)/t22-/m0/s1. The van der Waals surface area contributed by atoms with Crippen LogP contribution in [0.1, 0.15) is 30.5 Å². The number of nitrogens with zero attached hydrogens (tertiary/aromatic N) is 2. The van der Waals surface area contributed by atoms with Gasteiger partial charge in [0.1, 0.15) is 11.6 Å². The summed E-state index contributed by atoms with van der Waals surface area (Å²) >= 11 is 1.32. The van der Waals surface area contributed by atoms with Gasteiger partial charge in [0.15, 0.2) is 5.17 Å². The fourth-order valence-corrected chi connectivity index (χ4v) is 4.77. The van der Waals surface area contributed by atoms with Crippen molar-refractivity contribution in [3.8, 4) is 0 Å². The van der Waals surface area contributed by atoms with E-state index in [4.69, 9.17) is 4.74 Å². The summed E-state index contributed by atoms with van der Waals surface area (Å²) in [4.78, 5) is 31.6. The lowest BCUT2D eigenvalue weighted by Gasteiger charge is -2.36. The molecule has 9 heteroatoms. The average molecular weight is 470 g/mol. The van der Waals surface area contributed by atoms with E-state index < -0.39 is 17.8 Å². The molecule has 33 heavy (non-hydrogen) atoms. The van der Waals surface area contributed by atoms with Crippen LogP contribution in [0, 0.1) is 11.6 Å². The van der Waals surface area contributed by atoms with Crippen LogP contribution >= 0.6 is 11.8 Å². The maximum atomic E-state index is 14.1. The number of allylic oxidation sites excluding steroid dienone is 1. The second-order valence-corrected chi connectivity index (χ2v) is 8.36. The Bertz CT molecular complexity index is 1210. The van der Waals surface area contributed by atoms with E-state index in [0.717, 1.165) is 0 Å². The van der Waals surface area contributed by atoms with Gasteiger partial charge in [0.05, 0.1) is 30.8 Å². The number of amidine groups is 1. The minimum absolute atomic E-state index is 0.000646. The summed E-state index contributed by atoms with van der Waals surface area (Å²) in [6.45, 7) is 1.88. The smallest absolute Gasteiger partial charge is 0.338 e. The third-order valence-electron chi connectivity index (χ3n) is 5.29. The molecule has 1 N–H and O–H groups in total. The van der Waals surface area contributed by atoms with Crippen LogP contribution in [-0.4, -0.2) is 29.1 Å². The zero-order valence-corrected chi connectivity index (χ0v) is 18.8. The Hall–Kier alpha value is -3.46. The normalized spacial score (nSPS) is 17.3. The van der Waals surface area contributed by atoms with Crippen molar-refractivity contribution in [2.75, 3.05) is 7.11 Å². The first-order chi connectivity index (χ1) is 15.9. The summed E-state index contributed by atoms with van der Waals surface area (Å²) in [6.07, 6.45) is 0.000646. The third kappa shape index (κ3) is 4.83. The highest BCUT2D eigenvalue weighted by Gasteiger charge is 2.41. The van der Waals surface area contributed by atoms with Crippen molar-refractivity contribution in [1.29, 1.82) is 0 Å². The monoisotopic (exact) mass is 469 g/mol. The van der Waals surface area contributed by atoms with Gasteiger partial charge in [-0.15, -0.1) is 0 Å². The molecule has 6 nitrogen and oxygen atoms in total. The molecule has 2 heterocycles. The number of amides is 1. The Morgan fingerprint density at radius 1 is 1.15 bits per heavy atom. The summed E-state index contributed by atoms with van der Waals surface area (Å²) in [7, 11) is 1.28. The molecule has 2 aliphatic rings. The van der Waals surface area contributed by atoms with E-state index in [0.29, 0.717) is 27.7 Å². The van der Waals surface area contributed by atoms with E-state index in [1.807, 2.05) is 0 Å². The molecule has 0 fully saturated rings. The van der Waals surface area contributed by atoms with Gasteiger partial charge in [-0.3, -0.25) is 4.79 Å². The van der Waals surface area contributed by atoms with Gasteiger partial charge in [-0.1, -0.05) is 36.0 Å². The van der Waals surface area contributed by atoms with Gasteiger partial charge in [0, 0.05) is 12.2 Å². The predicted octanol–water partition coefficient (Wildman–Crippen LogP) is 4.42. The van der Waals surface area contributed by atoms with Crippen LogP contribution in [0.25, 0.3) is 0 Å². The van der Waals surface area contributed by atoms with E-state index >= 15 is 0 Å². The van der Waals surface area contributed by atoms with Crippen LogP contribution in [0.2, 0.25) is 0 Å². The van der Waals surface area contributed by atoms with Crippen molar-refractivity contribution in [3.05, 3.63) is 93.7 Å². The SMILES string of the molecule is COC(=O)C1=C(C)N=C2SC=C(CC(=O)NCc3cccc(F)c3)N2[C@H]1c1cccc(F)c1. The third-order valence-corrected chi connectivity index (χ3v) is 6.18. The second kappa shape index (κ2) is 9.58. The summed E-state index contributed by atoms with van der Waals surface area (Å²) in [6, 6.07) is 11.3. The molecular weight excluding hydrogens is 448 g/mol. The van der Waals surface area contributed by atoms with Crippen LogP contribution in [-0.2, 0) is 20.9 Å². The Kier molecular flexibility index (Phi) is 6.60. The topological polar surface area (TPSA) is 71.0 Å². The van der Waals surface area contributed by atoms with E-state index in [2.05, 4.69) is 10.3 Å². The number of fused-ring (bicyclic) bond motifs is 1.